The summed E-state index contributed by atoms with van der Waals surface area (Å²) in [6, 6.07) is 25.1. The number of anilines is 3. The Kier molecular flexibility index (Phi) is 6.43. The van der Waals surface area contributed by atoms with Crippen molar-refractivity contribution in [2.75, 3.05) is 10.7 Å². The molecule has 0 aliphatic carbocycles. The van der Waals surface area contributed by atoms with E-state index in [2.05, 4.69) is 25.8 Å². The van der Waals surface area contributed by atoms with Gasteiger partial charge in [-0.2, -0.15) is 18.5 Å². The average molecular weight is 460 g/mol. The third kappa shape index (κ3) is 5.59. The highest BCUT2D eigenvalue weighted by atomic mass is 32.2. The number of para-hydroxylation sites is 1. The lowest BCUT2D eigenvalue weighted by Gasteiger charge is -2.12. The van der Waals surface area contributed by atoms with Crippen molar-refractivity contribution in [3.63, 3.8) is 0 Å². The number of aromatic nitrogens is 2. The van der Waals surface area contributed by atoms with Crippen molar-refractivity contribution >= 4 is 33.3 Å². The van der Waals surface area contributed by atoms with E-state index in [4.69, 9.17) is 4.55 Å². The fourth-order valence-electron chi connectivity index (χ4n) is 3.08. The summed E-state index contributed by atoms with van der Waals surface area (Å²) in [5, 5.41) is 7.60. The Morgan fingerprint density at radius 1 is 0.909 bits per heavy atom. The predicted octanol–water partition coefficient (Wildman–Crippen LogP) is 4.97. The number of hydrazone groups is 1. The largest absolute Gasteiger partial charge is 0.324 e. The van der Waals surface area contributed by atoms with Crippen LogP contribution < -0.4 is 10.7 Å². The number of rotatable bonds is 7. The molecule has 9 heteroatoms. The van der Waals surface area contributed by atoms with Crippen LogP contribution in [0.15, 0.2) is 101 Å². The molecule has 0 bridgehead atoms. The molecule has 0 amide bonds. The fraction of sp³-hybridized carbons (Fsp3) is 0.0417. The maximum Gasteiger partial charge on any atom is 0.294 e. The second-order valence-corrected chi connectivity index (χ2v) is 8.54. The molecule has 0 aliphatic heterocycles. The van der Waals surface area contributed by atoms with E-state index in [0.717, 1.165) is 16.8 Å². The van der Waals surface area contributed by atoms with Gasteiger partial charge in [0.25, 0.3) is 10.1 Å². The molecule has 1 heterocycles. The first-order valence-corrected chi connectivity index (χ1v) is 11.5. The van der Waals surface area contributed by atoms with E-state index >= 15 is 0 Å². The third-order valence-electron chi connectivity index (χ3n) is 4.80. The molecule has 4 aromatic rings. The summed E-state index contributed by atoms with van der Waals surface area (Å²) in [6.45, 7) is 1.78. The fourth-order valence-corrected chi connectivity index (χ4v) is 3.56. The zero-order chi connectivity index (χ0) is 23.3. The Morgan fingerprint density at radius 3 is 2.18 bits per heavy atom. The van der Waals surface area contributed by atoms with Crippen LogP contribution in [0.2, 0.25) is 0 Å². The second-order valence-electron chi connectivity index (χ2n) is 7.12. The first-order chi connectivity index (χ1) is 15.9. The van der Waals surface area contributed by atoms with Crippen LogP contribution in [-0.2, 0) is 10.1 Å². The zero-order valence-electron chi connectivity index (χ0n) is 17.7. The van der Waals surface area contributed by atoms with Gasteiger partial charge in [-0.25, -0.2) is 4.98 Å². The Labute approximate surface area is 191 Å². The van der Waals surface area contributed by atoms with Crippen LogP contribution in [0.25, 0.3) is 11.1 Å². The van der Waals surface area contributed by atoms with Gasteiger partial charge in [0, 0.05) is 17.4 Å². The average Bonchev–Trinajstić information content (AvgIpc) is 2.83. The van der Waals surface area contributed by atoms with Gasteiger partial charge in [0.2, 0.25) is 5.95 Å². The van der Waals surface area contributed by atoms with Crippen molar-refractivity contribution in [2.45, 2.75) is 11.8 Å². The molecule has 3 aromatic carbocycles. The maximum atomic E-state index is 11.3. The van der Waals surface area contributed by atoms with Crippen molar-refractivity contribution in [3.8, 4) is 11.1 Å². The summed E-state index contributed by atoms with van der Waals surface area (Å²) in [4.78, 5) is 8.87. The Morgan fingerprint density at radius 2 is 1.55 bits per heavy atom. The molecule has 166 valence electrons. The highest BCUT2D eigenvalue weighted by Crippen LogP contribution is 2.27. The lowest BCUT2D eigenvalue weighted by atomic mass is 10.1. The minimum Gasteiger partial charge on any atom is -0.324 e. The van der Waals surface area contributed by atoms with E-state index in [1.54, 1.807) is 25.3 Å². The van der Waals surface area contributed by atoms with Gasteiger partial charge >= 0.3 is 0 Å². The first-order valence-electron chi connectivity index (χ1n) is 10.0. The number of hydrogen-bond acceptors (Lipinski definition) is 7. The molecule has 33 heavy (non-hydrogen) atoms. The molecule has 0 unspecified atom stereocenters. The Hall–Kier alpha value is -4.08. The van der Waals surface area contributed by atoms with Gasteiger partial charge in [0.05, 0.1) is 10.6 Å². The van der Waals surface area contributed by atoms with Gasteiger partial charge in [-0.1, -0.05) is 60.7 Å². The molecule has 0 spiro atoms. The normalized spacial score (nSPS) is 11.8. The monoisotopic (exact) mass is 459 g/mol. The smallest absolute Gasteiger partial charge is 0.294 e. The van der Waals surface area contributed by atoms with E-state index in [9.17, 15) is 8.42 Å². The summed E-state index contributed by atoms with van der Waals surface area (Å²) >= 11 is 0. The van der Waals surface area contributed by atoms with Crippen LogP contribution in [0, 0.1) is 0 Å². The Balaban J connectivity index is 1.64. The number of nitrogens with one attached hydrogen (secondary N) is 2. The summed E-state index contributed by atoms with van der Waals surface area (Å²) in [5.74, 6) is 0.914. The van der Waals surface area contributed by atoms with Gasteiger partial charge in [0.15, 0.2) is 5.82 Å². The zero-order valence-corrected chi connectivity index (χ0v) is 18.5. The topological polar surface area (TPSA) is 117 Å². The summed E-state index contributed by atoms with van der Waals surface area (Å²) < 4.78 is 31.7. The van der Waals surface area contributed by atoms with E-state index in [1.807, 2.05) is 60.7 Å². The molecule has 0 radical (unpaired) electrons. The molecule has 0 aliphatic rings. The summed E-state index contributed by atoms with van der Waals surface area (Å²) in [7, 11) is -4.25. The van der Waals surface area contributed by atoms with Crippen LogP contribution in [-0.4, -0.2) is 28.7 Å². The SMILES string of the molecule is CC(=NNc1nc(Nc2ccccc2)ncc1-c1ccccc1)c1ccc(S(=O)(=O)O)cc1. The molecule has 0 atom stereocenters. The lowest BCUT2D eigenvalue weighted by Crippen LogP contribution is -2.05. The number of hydrogen-bond donors (Lipinski definition) is 3. The molecular weight excluding hydrogens is 438 g/mol. The van der Waals surface area contributed by atoms with Crippen LogP contribution in [0.3, 0.4) is 0 Å². The first kappa shape index (κ1) is 22.1. The van der Waals surface area contributed by atoms with E-state index < -0.39 is 10.1 Å². The highest BCUT2D eigenvalue weighted by molar-refractivity contribution is 7.85. The summed E-state index contributed by atoms with van der Waals surface area (Å²) in [5.41, 5.74) is 6.86. The maximum absolute atomic E-state index is 11.3. The van der Waals surface area contributed by atoms with Gasteiger partial charge in [-0.3, -0.25) is 9.98 Å². The second kappa shape index (κ2) is 9.60. The molecule has 8 nitrogen and oxygen atoms in total. The van der Waals surface area contributed by atoms with E-state index in [1.165, 1.54) is 12.1 Å². The van der Waals surface area contributed by atoms with Crippen LogP contribution >= 0.6 is 0 Å². The molecular formula is C24H21N5O3S. The summed E-state index contributed by atoms with van der Waals surface area (Å²) in [6.07, 6.45) is 1.72. The molecule has 3 N–H and O–H groups in total. The Bertz CT molecular complexity index is 1380. The van der Waals surface area contributed by atoms with Crippen molar-refractivity contribution < 1.29 is 13.0 Å². The number of benzene rings is 3. The minimum absolute atomic E-state index is 0.175. The molecule has 0 saturated heterocycles. The van der Waals surface area contributed by atoms with Crippen molar-refractivity contribution in [2.24, 2.45) is 5.10 Å². The molecule has 1 aromatic heterocycles. The van der Waals surface area contributed by atoms with Gasteiger partial charge in [0.1, 0.15) is 0 Å². The van der Waals surface area contributed by atoms with E-state index in [0.29, 0.717) is 23.0 Å². The predicted molar refractivity (Wildman–Crippen MR) is 129 cm³/mol. The van der Waals surface area contributed by atoms with E-state index in [-0.39, 0.29) is 4.90 Å². The van der Waals surface area contributed by atoms with Crippen molar-refractivity contribution in [3.05, 3.63) is 96.7 Å². The van der Waals surface area contributed by atoms with Crippen LogP contribution in [0.4, 0.5) is 17.5 Å². The standard InChI is InChI=1S/C24H21N5O3S/c1-17(18-12-14-21(15-13-18)33(30,31)32)28-29-23-22(19-8-4-2-5-9-19)16-25-24(27-23)26-20-10-6-3-7-11-20/h2-16H,1H3,(H,30,31,32)(H2,25,26,27,29). The quantitative estimate of drug-likeness (QED) is 0.203. The third-order valence-corrected chi connectivity index (χ3v) is 5.67. The van der Waals surface area contributed by atoms with Gasteiger partial charge in [-0.15, -0.1) is 0 Å². The van der Waals surface area contributed by atoms with Crippen molar-refractivity contribution in [1.29, 1.82) is 0 Å². The molecule has 4 rings (SSSR count). The highest BCUT2D eigenvalue weighted by Gasteiger charge is 2.11. The van der Waals surface area contributed by atoms with Gasteiger partial charge in [-0.05, 0) is 42.3 Å². The van der Waals surface area contributed by atoms with Crippen LogP contribution in [0.1, 0.15) is 12.5 Å². The molecule has 0 fully saturated rings. The van der Waals surface area contributed by atoms with Gasteiger partial charge < -0.3 is 5.32 Å². The van der Waals surface area contributed by atoms with Crippen LogP contribution in [0.5, 0.6) is 0 Å². The number of nitrogens with zero attached hydrogens (tertiary/aromatic N) is 3. The molecule has 0 saturated carbocycles. The lowest BCUT2D eigenvalue weighted by molar-refractivity contribution is 0.483. The van der Waals surface area contributed by atoms with Crippen molar-refractivity contribution in [1.82, 2.24) is 9.97 Å². The minimum atomic E-state index is -4.25.